The zero-order chi connectivity index (χ0) is 29.8. The van der Waals surface area contributed by atoms with E-state index in [0.29, 0.717) is 51.5 Å². The molecule has 2 atom stereocenters. The highest BCUT2D eigenvalue weighted by molar-refractivity contribution is 5.82. The number of piperidine rings is 2. The van der Waals surface area contributed by atoms with E-state index in [-0.39, 0.29) is 36.3 Å². The van der Waals surface area contributed by atoms with Crippen molar-refractivity contribution >= 4 is 23.9 Å². The van der Waals surface area contributed by atoms with Crippen LogP contribution >= 0.6 is 0 Å². The summed E-state index contributed by atoms with van der Waals surface area (Å²) in [6.45, 7) is 10.3. The summed E-state index contributed by atoms with van der Waals surface area (Å²) >= 11 is 0. The minimum absolute atomic E-state index is 0.0873. The van der Waals surface area contributed by atoms with Gasteiger partial charge in [-0.2, -0.15) is 0 Å². The largest absolute Gasteiger partial charge is 0.466 e. The summed E-state index contributed by atoms with van der Waals surface area (Å²) in [5.74, 6) is -0.599. The monoisotopic (exact) mass is 571 g/mol. The maximum atomic E-state index is 13.1. The van der Waals surface area contributed by atoms with Crippen LogP contribution in [0.1, 0.15) is 78.2 Å². The van der Waals surface area contributed by atoms with E-state index in [1.165, 1.54) is 0 Å². The topological polar surface area (TPSA) is 105 Å². The number of aryl methyl sites for hydroxylation is 1. The van der Waals surface area contributed by atoms with Crippen LogP contribution in [0.2, 0.25) is 0 Å². The highest BCUT2D eigenvalue weighted by atomic mass is 16.6. The van der Waals surface area contributed by atoms with Crippen molar-refractivity contribution in [1.29, 1.82) is 0 Å². The summed E-state index contributed by atoms with van der Waals surface area (Å²) in [4.78, 5) is 54.5. The minimum atomic E-state index is -0.505. The molecule has 2 aliphatic rings. The Balaban J connectivity index is 1.41. The SMILES string of the molecule is CCOC(=O)[C@H](CCc1ccccc1)CNC(=O)[C@@H]1CCCN(C(=O)CCC2CCN(C(=O)OC(C)(C)C)CC2)C1. The molecule has 0 spiro atoms. The van der Waals surface area contributed by atoms with Gasteiger partial charge >= 0.3 is 12.1 Å². The standard InChI is InChI=1S/C32H49N3O6/c1-5-40-30(38)26(15-13-24-10-7-6-8-11-24)22-33-29(37)27-12-9-19-35(23-27)28(36)16-14-25-17-20-34(21-18-25)31(39)41-32(2,3)4/h6-8,10-11,25-27H,5,9,12-23H2,1-4H3,(H,33,37)/t26-,27-/m1/s1. The minimum Gasteiger partial charge on any atom is -0.466 e. The Bertz CT molecular complexity index is 1000. The molecule has 0 aliphatic carbocycles. The van der Waals surface area contributed by atoms with E-state index in [4.69, 9.17) is 9.47 Å². The molecule has 1 N–H and O–H groups in total. The molecular formula is C32H49N3O6. The third kappa shape index (κ3) is 11.0. The van der Waals surface area contributed by atoms with Gasteiger partial charge in [0.15, 0.2) is 0 Å². The van der Waals surface area contributed by atoms with Gasteiger partial charge in [-0.3, -0.25) is 14.4 Å². The molecule has 3 amide bonds. The number of rotatable bonds is 11. The first-order chi connectivity index (χ1) is 19.6. The van der Waals surface area contributed by atoms with Crippen molar-refractivity contribution in [3.63, 3.8) is 0 Å². The number of carbonyl (C=O) groups is 4. The van der Waals surface area contributed by atoms with Crippen LogP contribution in [0.4, 0.5) is 4.79 Å². The lowest BCUT2D eigenvalue weighted by Crippen LogP contribution is -2.46. The van der Waals surface area contributed by atoms with E-state index in [1.54, 1.807) is 11.8 Å². The summed E-state index contributed by atoms with van der Waals surface area (Å²) in [5.41, 5.74) is 0.636. The molecule has 1 aromatic rings. The first-order valence-electron chi connectivity index (χ1n) is 15.3. The Morgan fingerprint density at radius 3 is 2.37 bits per heavy atom. The molecule has 0 saturated carbocycles. The van der Waals surface area contributed by atoms with Gasteiger partial charge in [0.25, 0.3) is 0 Å². The molecule has 2 saturated heterocycles. The number of nitrogens with zero attached hydrogens (tertiary/aromatic N) is 2. The average molecular weight is 572 g/mol. The second kappa shape index (κ2) is 15.8. The predicted molar refractivity (Wildman–Crippen MR) is 157 cm³/mol. The molecule has 0 bridgehead atoms. The summed E-state index contributed by atoms with van der Waals surface area (Å²) in [6.07, 6.45) is 5.54. The lowest BCUT2D eigenvalue weighted by molar-refractivity contribution is -0.148. The molecule has 2 heterocycles. The van der Waals surface area contributed by atoms with Crippen molar-refractivity contribution in [1.82, 2.24) is 15.1 Å². The van der Waals surface area contributed by atoms with Crippen molar-refractivity contribution in [3.05, 3.63) is 35.9 Å². The third-order valence-corrected chi connectivity index (χ3v) is 7.94. The van der Waals surface area contributed by atoms with Gasteiger partial charge in [-0.1, -0.05) is 30.3 Å². The zero-order valence-electron chi connectivity index (χ0n) is 25.4. The molecule has 1 aromatic carbocycles. The van der Waals surface area contributed by atoms with E-state index in [2.05, 4.69) is 5.32 Å². The Labute approximate surface area is 245 Å². The van der Waals surface area contributed by atoms with Crippen LogP contribution in [0, 0.1) is 17.8 Å². The molecule has 9 nitrogen and oxygen atoms in total. The number of amides is 3. The maximum absolute atomic E-state index is 13.1. The van der Waals surface area contributed by atoms with Crippen LogP contribution in [-0.4, -0.2) is 78.6 Å². The number of esters is 1. The van der Waals surface area contributed by atoms with Gasteiger partial charge in [-0.15, -0.1) is 0 Å². The molecule has 0 aromatic heterocycles. The van der Waals surface area contributed by atoms with Crippen LogP contribution < -0.4 is 5.32 Å². The molecule has 228 valence electrons. The van der Waals surface area contributed by atoms with Crippen LogP contribution in [0.15, 0.2) is 30.3 Å². The molecule has 0 unspecified atom stereocenters. The Morgan fingerprint density at radius 1 is 1.00 bits per heavy atom. The van der Waals surface area contributed by atoms with Gasteiger partial charge in [0.2, 0.25) is 11.8 Å². The fraction of sp³-hybridized carbons (Fsp3) is 0.688. The molecule has 9 heteroatoms. The third-order valence-electron chi connectivity index (χ3n) is 7.94. The van der Waals surface area contributed by atoms with E-state index < -0.39 is 11.5 Å². The Hall–Kier alpha value is -3.10. The van der Waals surface area contributed by atoms with Crippen LogP contribution in [-0.2, 0) is 30.3 Å². The average Bonchev–Trinajstić information content (AvgIpc) is 2.95. The number of nitrogens with one attached hydrogen (secondary N) is 1. The second-order valence-electron chi connectivity index (χ2n) is 12.3. The predicted octanol–water partition coefficient (Wildman–Crippen LogP) is 4.58. The lowest BCUT2D eigenvalue weighted by atomic mass is 9.91. The first kappa shape index (κ1) is 32.4. The lowest BCUT2D eigenvalue weighted by Gasteiger charge is -2.34. The van der Waals surface area contributed by atoms with Crippen LogP contribution in [0.3, 0.4) is 0 Å². The second-order valence-corrected chi connectivity index (χ2v) is 12.3. The number of carbonyl (C=O) groups excluding carboxylic acids is 4. The van der Waals surface area contributed by atoms with Gasteiger partial charge in [0.1, 0.15) is 5.60 Å². The molecular weight excluding hydrogens is 522 g/mol. The van der Waals surface area contributed by atoms with Crippen molar-refractivity contribution in [2.24, 2.45) is 17.8 Å². The van der Waals surface area contributed by atoms with E-state index in [0.717, 1.165) is 44.1 Å². The zero-order valence-corrected chi connectivity index (χ0v) is 25.4. The fourth-order valence-corrected chi connectivity index (χ4v) is 5.55. The Morgan fingerprint density at radius 2 is 1.71 bits per heavy atom. The van der Waals surface area contributed by atoms with Gasteiger partial charge in [0.05, 0.1) is 18.4 Å². The van der Waals surface area contributed by atoms with E-state index in [1.807, 2.05) is 56.0 Å². The summed E-state index contributed by atoms with van der Waals surface area (Å²) in [7, 11) is 0. The molecule has 0 radical (unpaired) electrons. The number of benzene rings is 1. The first-order valence-corrected chi connectivity index (χ1v) is 15.3. The highest BCUT2D eigenvalue weighted by Crippen LogP contribution is 2.25. The maximum Gasteiger partial charge on any atom is 0.410 e. The van der Waals surface area contributed by atoms with Crippen molar-refractivity contribution in [2.45, 2.75) is 84.7 Å². The van der Waals surface area contributed by atoms with Gasteiger partial charge < -0.3 is 24.6 Å². The number of hydrogen-bond donors (Lipinski definition) is 1. The van der Waals surface area contributed by atoms with Gasteiger partial charge in [-0.25, -0.2) is 4.79 Å². The Kier molecular flexibility index (Phi) is 12.5. The van der Waals surface area contributed by atoms with E-state index in [9.17, 15) is 19.2 Å². The molecule has 41 heavy (non-hydrogen) atoms. The summed E-state index contributed by atoms with van der Waals surface area (Å²) < 4.78 is 10.7. The fourth-order valence-electron chi connectivity index (χ4n) is 5.55. The molecule has 3 rings (SSSR count). The van der Waals surface area contributed by atoms with Crippen molar-refractivity contribution < 1.29 is 28.7 Å². The smallest absolute Gasteiger partial charge is 0.410 e. The number of hydrogen-bond acceptors (Lipinski definition) is 6. The van der Waals surface area contributed by atoms with Crippen molar-refractivity contribution in [2.75, 3.05) is 39.3 Å². The quantitative estimate of drug-likeness (QED) is 0.390. The molecule has 2 fully saturated rings. The van der Waals surface area contributed by atoms with Gasteiger partial charge in [0, 0.05) is 39.1 Å². The highest BCUT2D eigenvalue weighted by Gasteiger charge is 2.31. The van der Waals surface area contributed by atoms with Crippen LogP contribution in [0.5, 0.6) is 0 Å². The van der Waals surface area contributed by atoms with E-state index >= 15 is 0 Å². The molecule has 2 aliphatic heterocycles. The van der Waals surface area contributed by atoms with Crippen LogP contribution in [0.25, 0.3) is 0 Å². The summed E-state index contributed by atoms with van der Waals surface area (Å²) in [5, 5.41) is 2.98. The normalized spacial score (nSPS) is 18.9. The number of ether oxygens (including phenoxy) is 2. The van der Waals surface area contributed by atoms with Crippen molar-refractivity contribution in [3.8, 4) is 0 Å². The number of likely N-dealkylation sites (tertiary alicyclic amines) is 2. The van der Waals surface area contributed by atoms with Gasteiger partial charge in [-0.05, 0) is 84.1 Å². The summed E-state index contributed by atoms with van der Waals surface area (Å²) in [6, 6.07) is 9.97.